The minimum absolute atomic E-state index is 0.0340. The molecule has 162 valence electrons. The molecule has 2 aliphatic heterocycles. The molecule has 6 nitrogen and oxygen atoms in total. The Labute approximate surface area is 179 Å². The molecule has 0 saturated carbocycles. The van der Waals surface area contributed by atoms with E-state index in [-0.39, 0.29) is 23.3 Å². The third-order valence-electron chi connectivity index (χ3n) is 6.03. The predicted octanol–water partition coefficient (Wildman–Crippen LogP) is 2.98. The second-order valence-electron chi connectivity index (χ2n) is 8.32. The average molecular weight is 442 g/mol. The number of likely N-dealkylation sites (tertiary alicyclic amines) is 1. The molecule has 0 radical (unpaired) electrons. The zero-order valence-corrected chi connectivity index (χ0v) is 18.7. The highest BCUT2D eigenvalue weighted by Crippen LogP contribution is 2.25. The fourth-order valence-electron chi connectivity index (χ4n) is 4.07. The number of benzene rings is 1. The van der Waals surface area contributed by atoms with E-state index in [9.17, 15) is 13.2 Å². The van der Waals surface area contributed by atoms with E-state index in [0.717, 1.165) is 38.4 Å². The van der Waals surface area contributed by atoms with Crippen molar-refractivity contribution >= 4 is 27.5 Å². The minimum Gasteiger partial charge on any atom is -0.356 e. The maximum absolute atomic E-state index is 12.9. The minimum atomic E-state index is -3.60. The monoisotopic (exact) mass is 441 g/mol. The number of nitrogens with zero attached hydrogens (tertiary/aromatic N) is 2. The number of nitrogens with one attached hydrogen (secondary N) is 1. The average Bonchev–Trinajstić information content (AvgIpc) is 2.73. The van der Waals surface area contributed by atoms with Crippen LogP contribution in [0.2, 0.25) is 5.02 Å². The van der Waals surface area contributed by atoms with Gasteiger partial charge in [0.05, 0.1) is 10.8 Å². The Bertz CT molecular complexity index is 777. The van der Waals surface area contributed by atoms with Crippen LogP contribution in [-0.2, 0) is 14.8 Å². The normalized spacial score (nSPS) is 22.5. The first kappa shape index (κ1) is 22.5. The van der Waals surface area contributed by atoms with E-state index in [4.69, 9.17) is 11.6 Å². The molecule has 1 N–H and O–H groups in total. The molecule has 1 atom stereocenters. The molecule has 2 aliphatic rings. The van der Waals surface area contributed by atoms with Crippen LogP contribution in [0.15, 0.2) is 29.2 Å². The lowest BCUT2D eigenvalue weighted by Crippen LogP contribution is -2.45. The highest BCUT2D eigenvalue weighted by molar-refractivity contribution is 7.89. The van der Waals surface area contributed by atoms with Crippen LogP contribution >= 0.6 is 11.6 Å². The summed E-state index contributed by atoms with van der Waals surface area (Å²) in [6.07, 6.45) is 4.86. The van der Waals surface area contributed by atoms with Gasteiger partial charge < -0.3 is 10.2 Å². The van der Waals surface area contributed by atoms with Crippen molar-refractivity contribution in [2.75, 3.05) is 39.3 Å². The van der Waals surface area contributed by atoms with Gasteiger partial charge in [-0.3, -0.25) is 4.79 Å². The predicted molar refractivity (Wildman–Crippen MR) is 115 cm³/mol. The van der Waals surface area contributed by atoms with E-state index in [1.807, 2.05) is 0 Å². The van der Waals surface area contributed by atoms with Crippen molar-refractivity contribution in [3.05, 3.63) is 29.3 Å². The van der Waals surface area contributed by atoms with Crippen molar-refractivity contribution in [3.63, 3.8) is 0 Å². The van der Waals surface area contributed by atoms with Crippen molar-refractivity contribution in [1.29, 1.82) is 0 Å². The molecule has 2 fully saturated rings. The van der Waals surface area contributed by atoms with Gasteiger partial charge in [0, 0.05) is 24.7 Å². The van der Waals surface area contributed by atoms with E-state index in [2.05, 4.69) is 17.1 Å². The van der Waals surface area contributed by atoms with Gasteiger partial charge >= 0.3 is 0 Å². The second-order valence-corrected chi connectivity index (χ2v) is 10.7. The van der Waals surface area contributed by atoms with Crippen LogP contribution in [0.4, 0.5) is 0 Å². The maximum Gasteiger partial charge on any atom is 0.243 e. The van der Waals surface area contributed by atoms with Gasteiger partial charge in [-0.1, -0.05) is 18.5 Å². The lowest BCUT2D eigenvalue weighted by molar-refractivity contribution is -0.126. The zero-order chi connectivity index (χ0) is 20.9. The summed E-state index contributed by atoms with van der Waals surface area (Å²) in [6.45, 7) is 6.94. The Morgan fingerprint density at radius 3 is 2.52 bits per heavy atom. The molecule has 29 heavy (non-hydrogen) atoms. The fraction of sp³-hybridized carbons (Fsp3) is 0.667. The number of hydrogen-bond donors (Lipinski definition) is 1. The summed E-state index contributed by atoms with van der Waals surface area (Å²) in [7, 11) is -3.60. The van der Waals surface area contributed by atoms with Crippen molar-refractivity contribution in [3.8, 4) is 0 Å². The molecule has 2 saturated heterocycles. The molecule has 1 aromatic carbocycles. The Morgan fingerprint density at radius 1 is 1.14 bits per heavy atom. The van der Waals surface area contributed by atoms with Gasteiger partial charge in [-0.2, -0.15) is 4.31 Å². The third kappa shape index (κ3) is 6.17. The highest BCUT2D eigenvalue weighted by Gasteiger charge is 2.33. The summed E-state index contributed by atoms with van der Waals surface area (Å²) in [5, 5.41) is 3.51. The summed E-state index contributed by atoms with van der Waals surface area (Å²) >= 11 is 5.86. The topological polar surface area (TPSA) is 69.7 Å². The first-order valence-electron chi connectivity index (χ1n) is 10.6. The van der Waals surface area contributed by atoms with Crippen molar-refractivity contribution in [1.82, 2.24) is 14.5 Å². The molecule has 3 rings (SSSR count). The third-order valence-corrected chi connectivity index (χ3v) is 8.16. The fourth-order valence-corrected chi connectivity index (χ4v) is 5.72. The Balaban J connectivity index is 1.46. The number of piperidine rings is 2. The van der Waals surface area contributed by atoms with Gasteiger partial charge in [0.2, 0.25) is 15.9 Å². The number of halogens is 1. The van der Waals surface area contributed by atoms with E-state index >= 15 is 0 Å². The molecule has 0 unspecified atom stereocenters. The molecule has 0 aromatic heterocycles. The number of amides is 1. The Kier molecular flexibility index (Phi) is 7.96. The van der Waals surface area contributed by atoms with Crippen LogP contribution in [0.25, 0.3) is 0 Å². The van der Waals surface area contributed by atoms with Crippen LogP contribution in [0.3, 0.4) is 0 Å². The summed E-state index contributed by atoms with van der Waals surface area (Å²) in [5.41, 5.74) is 0. The summed E-state index contributed by atoms with van der Waals surface area (Å²) in [4.78, 5) is 15.3. The smallest absolute Gasteiger partial charge is 0.243 e. The van der Waals surface area contributed by atoms with Crippen LogP contribution in [0.5, 0.6) is 0 Å². The number of carbonyl (C=O) groups is 1. The van der Waals surface area contributed by atoms with Crippen LogP contribution < -0.4 is 5.32 Å². The van der Waals surface area contributed by atoms with E-state index in [1.54, 1.807) is 12.1 Å². The molecule has 0 aliphatic carbocycles. The Hall–Kier alpha value is -1.15. The quantitative estimate of drug-likeness (QED) is 0.660. The summed E-state index contributed by atoms with van der Waals surface area (Å²) in [6, 6.07) is 6.18. The molecular weight excluding hydrogens is 410 g/mol. The van der Waals surface area contributed by atoms with Crippen LogP contribution in [0.1, 0.15) is 39.0 Å². The van der Waals surface area contributed by atoms with E-state index in [0.29, 0.717) is 24.5 Å². The first-order valence-corrected chi connectivity index (χ1v) is 12.4. The summed E-state index contributed by atoms with van der Waals surface area (Å²) < 4.78 is 27.2. The number of hydrogen-bond acceptors (Lipinski definition) is 4. The Morgan fingerprint density at radius 2 is 1.83 bits per heavy atom. The molecule has 0 spiro atoms. The number of carbonyl (C=O) groups excluding carboxylic acids is 1. The summed E-state index contributed by atoms with van der Waals surface area (Å²) in [5.74, 6) is 0.499. The largest absolute Gasteiger partial charge is 0.356 e. The van der Waals surface area contributed by atoms with E-state index in [1.165, 1.54) is 29.3 Å². The molecule has 1 aromatic rings. The molecule has 0 bridgehead atoms. The standard InChI is InChI=1S/C21H32ClN3O3S/c1-17-9-14-24(15-10-17)12-3-11-23-21(26)18-4-2-13-25(16-18)29(27,28)20-7-5-19(22)6-8-20/h5-8,17-18H,2-4,9-16H2,1H3,(H,23,26)/t18-/m0/s1. The second kappa shape index (κ2) is 10.2. The molecule has 8 heteroatoms. The SMILES string of the molecule is CC1CCN(CCCNC(=O)[C@H]2CCCN(S(=O)(=O)c3ccc(Cl)cc3)C2)CC1. The van der Waals surface area contributed by atoms with Gasteiger partial charge in [-0.25, -0.2) is 8.42 Å². The lowest BCUT2D eigenvalue weighted by atomic mass is 9.98. The molecular formula is C21H32ClN3O3S. The lowest BCUT2D eigenvalue weighted by Gasteiger charge is -2.31. The van der Waals surface area contributed by atoms with Gasteiger partial charge in [0.15, 0.2) is 0 Å². The van der Waals surface area contributed by atoms with E-state index < -0.39 is 10.0 Å². The first-order chi connectivity index (χ1) is 13.9. The van der Waals surface area contributed by atoms with Gasteiger partial charge in [0.1, 0.15) is 0 Å². The van der Waals surface area contributed by atoms with Gasteiger partial charge in [-0.05, 0) is 81.9 Å². The van der Waals surface area contributed by atoms with Crippen molar-refractivity contribution in [2.45, 2.75) is 43.9 Å². The van der Waals surface area contributed by atoms with Crippen molar-refractivity contribution in [2.24, 2.45) is 11.8 Å². The van der Waals surface area contributed by atoms with Gasteiger partial charge in [0.25, 0.3) is 0 Å². The molecule has 1 amide bonds. The van der Waals surface area contributed by atoms with Gasteiger partial charge in [-0.15, -0.1) is 0 Å². The molecule has 2 heterocycles. The van der Waals surface area contributed by atoms with Crippen LogP contribution in [0, 0.1) is 11.8 Å². The van der Waals surface area contributed by atoms with Crippen molar-refractivity contribution < 1.29 is 13.2 Å². The van der Waals surface area contributed by atoms with Crippen LogP contribution in [-0.4, -0.2) is 62.8 Å². The number of sulfonamides is 1. The zero-order valence-electron chi connectivity index (χ0n) is 17.1. The number of rotatable bonds is 7. The maximum atomic E-state index is 12.9. The highest BCUT2D eigenvalue weighted by atomic mass is 35.5.